The van der Waals surface area contributed by atoms with Crippen molar-refractivity contribution >= 4 is 39.4 Å². The molecule has 0 spiro atoms. The van der Waals surface area contributed by atoms with Gasteiger partial charge in [0, 0.05) is 29.7 Å². The standard InChI is InChI=1S/C19H17ClN4O/c20-14-6-5-13-7-9-24(17(13)11-14)10-8-19(25)21-12-18-22-15-3-1-2-4-16(15)23-18/h1-7,9,11H,8,10,12H2,(H,21,25)(H,22,23). The van der Waals surface area contributed by atoms with Crippen LogP contribution >= 0.6 is 11.6 Å². The first-order valence-electron chi connectivity index (χ1n) is 8.14. The molecule has 0 aliphatic heterocycles. The third kappa shape index (κ3) is 3.37. The number of rotatable bonds is 5. The quantitative estimate of drug-likeness (QED) is 0.572. The smallest absolute Gasteiger partial charge is 0.222 e. The lowest BCUT2D eigenvalue weighted by Crippen LogP contribution is -2.24. The fourth-order valence-corrected chi connectivity index (χ4v) is 3.10. The third-order valence-corrected chi connectivity index (χ3v) is 4.44. The number of carbonyl (C=O) groups excluding carboxylic acids is 1. The first kappa shape index (κ1) is 15.7. The number of aromatic amines is 1. The zero-order valence-electron chi connectivity index (χ0n) is 13.5. The van der Waals surface area contributed by atoms with Gasteiger partial charge in [-0.2, -0.15) is 0 Å². The van der Waals surface area contributed by atoms with Crippen molar-refractivity contribution in [2.24, 2.45) is 0 Å². The van der Waals surface area contributed by atoms with Crippen molar-refractivity contribution in [2.45, 2.75) is 19.5 Å². The van der Waals surface area contributed by atoms with Crippen molar-refractivity contribution in [1.29, 1.82) is 0 Å². The molecule has 2 aromatic heterocycles. The molecule has 0 aliphatic carbocycles. The number of aryl methyl sites for hydroxylation is 1. The number of imidazole rings is 1. The molecule has 0 aliphatic rings. The Morgan fingerprint density at radius 3 is 2.96 bits per heavy atom. The number of hydrogen-bond acceptors (Lipinski definition) is 2. The Hall–Kier alpha value is -2.79. The highest BCUT2D eigenvalue weighted by molar-refractivity contribution is 6.31. The maximum absolute atomic E-state index is 12.1. The highest BCUT2D eigenvalue weighted by Gasteiger charge is 2.07. The van der Waals surface area contributed by atoms with E-state index in [4.69, 9.17) is 11.6 Å². The van der Waals surface area contributed by atoms with Crippen LogP contribution in [0.4, 0.5) is 0 Å². The number of hydrogen-bond donors (Lipinski definition) is 2. The number of amides is 1. The highest BCUT2D eigenvalue weighted by atomic mass is 35.5. The fourth-order valence-electron chi connectivity index (χ4n) is 2.93. The summed E-state index contributed by atoms with van der Waals surface area (Å²) in [6.07, 6.45) is 2.38. The van der Waals surface area contributed by atoms with E-state index in [-0.39, 0.29) is 5.91 Å². The van der Waals surface area contributed by atoms with E-state index in [0.29, 0.717) is 24.5 Å². The van der Waals surface area contributed by atoms with Crippen molar-refractivity contribution in [3.63, 3.8) is 0 Å². The van der Waals surface area contributed by atoms with Gasteiger partial charge >= 0.3 is 0 Å². The molecule has 4 rings (SSSR count). The molecule has 126 valence electrons. The Bertz CT molecular complexity index is 1020. The molecule has 0 saturated heterocycles. The summed E-state index contributed by atoms with van der Waals surface area (Å²) in [5, 5.41) is 4.72. The molecule has 6 heteroatoms. The Morgan fingerprint density at radius 2 is 2.08 bits per heavy atom. The molecule has 25 heavy (non-hydrogen) atoms. The van der Waals surface area contributed by atoms with Crippen LogP contribution in [0.15, 0.2) is 54.7 Å². The second-order valence-electron chi connectivity index (χ2n) is 5.94. The second-order valence-corrected chi connectivity index (χ2v) is 6.38. The van der Waals surface area contributed by atoms with Gasteiger partial charge in [0.2, 0.25) is 5.91 Å². The average Bonchev–Trinajstić information content (AvgIpc) is 3.21. The zero-order chi connectivity index (χ0) is 17.2. The van der Waals surface area contributed by atoms with Crippen molar-refractivity contribution < 1.29 is 4.79 Å². The van der Waals surface area contributed by atoms with Crippen molar-refractivity contribution in [2.75, 3.05) is 0 Å². The number of fused-ring (bicyclic) bond motifs is 2. The van der Waals surface area contributed by atoms with Gasteiger partial charge in [-0.25, -0.2) is 4.98 Å². The lowest BCUT2D eigenvalue weighted by molar-refractivity contribution is -0.121. The van der Waals surface area contributed by atoms with Crippen LogP contribution < -0.4 is 5.32 Å². The van der Waals surface area contributed by atoms with Crippen LogP contribution in [0.5, 0.6) is 0 Å². The molecular formula is C19H17ClN4O. The largest absolute Gasteiger partial charge is 0.349 e. The van der Waals surface area contributed by atoms with Gasteiger partial charge in [-0.15, -0.1) is 0 Å². The normalized spacial score (nSPS) is 11.2. The third-order valence-electron chi connectivity index (χ3n) is 4.21. The summed E-state index contributed by atoms with van der Waals surface area (Å²) >= 11 is 6.06. The Labute approximate surface area is 149 Å². The van der Waals surface area contributed by atoms with Crippen LogP contribution in [0, 0.1) is 0 Å². The predicted molar refractivity (Wildman–Crippen MR) is 99.5 cm³/mol. The van der Waals surface area contributed by atoms with Crippen LogP contribution in [0.25, 0.3) is 21.9 Å². The number of aromatic nitrogens is 3. The van der Waals surface area contributed by atoms with E-state index >= 15 is 0 Å². The van der Waals surface area contributed by atoms with Crippen molar-refractivity contribution in [3.05, 3.63) is 65.6 Å². The minimum Gasteiger partial charge on any atom is -0.349 e. The number of nitrogens with zero attached hydrogens (tertiary/aromatic N) is 2. The molecule has 0 bridgehead atoms. The summed E-state index contributed by atoms with van der Waals surface area (Å²) in [5.74, 6) is 0.747. The molecule has 2 heterocycles. The van der Waals surface area contributed by atoms with Gasteiger partial charge in [-0.05, 0) is 35.7 Å². The summed E-state index contributed by atoms with van der Waals surface area (Å²) in [6, 6.07) is 15.6. The van der Waals surface area contributed by atoms with Gasteiger partial charge in [0.15, 0.2) is 0 Å². The monoisotopic (exact) mass is 352 g/mol. The fraction of sp³-hybridized carbons (Fsp3) is 0.158. The van der Waals surface area contributed by atoms with Gasteiger partial charge < -0.3 is 14.9 Å². The van der Waals surface area contributed by atoms with Gasteiger partial charge in [-0.1, -0.05) is 29.8 Å². The van der Waals surface area contributed by atoms with Crippen LogP contribution in [0.1, 0.15) is 12.2 Å². The zero-order valence-corrected chi connectivity index (χ0v) is 14.3. The van der Waals surface area contributed by atoms with E-state index in [2.05, 4.69) is 15.3 Å². The minimum absolute atomic E-state index is 0.00988. The van der Waals surface area contributed by atoms with E-state index in [0.717, 1.165) is 27.8 Å². The molecule has 0 fully saturated rings. The summed E-state index contributed by atoms with van der Waals surface area (Å²) in [7, 11) is 0. The summed E-state index contributed by atoms with van der Waals surface area (Å²) in [6.45, 7) is 1.00. The number of benzene rings is 2. The molecule has 0 atom stereocenters. The maximum atomic E-state index is 12.1. The van der Waals surface area contributed by atoms with Crippen LogP contribution in [0.2, 0.25) is 5.02 Å². The van der Waals surface area contributed by atoms with Gasteiger partial charge in [0.1, 0.15) is 5.82 Å². The number of nitrogens with one attached hydrogen (secondary N) is 2. The molecular weight excluding hydrogens is 336 g/mol. The summed E-state index contributed by atoms with van der Waals surface area (Å²) < 4.78 is 2.04. The molecule has 1 amide bonds. The topological polar surface area (TPSA) is 62.7 Å². The van der Waals surface area contributed by atoms with Crippen molar-refractivity contribution in [3.8, 4) is 0 Å². The number of carbonyl (C=O) groups is 1. The molecule has 0 saturated carbocycles. The SMILES string of the molecule is O=C(CCn1ccc2ccc(Cl)cc21)NCc1nc2ccccc2[nH]1. The molecule has 5 nitrogen and oxygen atoms in total. The van der Waals surface area contributed by atoms with E-state index in [9.17, 15) is 4.79 Å². The lowest BCUT2D eigenvalue weighted by Gasteiger charge is -2.06. The number of halogens is 1. The molecule has 4 aromatic rings. The van der Waals surface area contributed by atoms with E-state index in [1.165, 1.54) is 0 Å². The Kier molecular flexibility index (Phi) is 4.15. The highest BCUT2D eigenvalue weighted by Crippen LogP contribution is 2.20. The Balaban J connectivity index is 1.36. The van der Waals surface area contributed by atoms with Crippen LogP contribution in [0.3, 0.4) is 0 Å². The molecule has 2 aromatic carbocycles. The number of para-hydroxylation sites is 2. The predicted octanol–water partition coefficient (Wildman–Crippen LogP) is 3.88. The van der Waals surface area contributed by atoms with Gasteiger partial charge in [0.25, 0.3) is 0 Å². The summed E-state index contributed by atoms with van der Waals surface area (Å²) in [4.78, 5) is 19.8. The first-order valence-corrected chi connectivity index (χ1v) is 8.51. The second kappa shape index (κ2) is 6.61. The van der Waals surface area contributed by atoms with E-state index in [1.807, 2.05) is 59.3 Å². The summed E-state index contributed by atoms with van der Waals surface area (Å²) in [5.41, 5.74) is 2.92. The Morgan fingerprint density at radius 1 is 1.20 bits per heavy atom. The molecule has 0 radical (unpaired) electrons. The van der Waals surface area contributed by atoms with Crippen LogP contribution in [-0.2, 0) is 17.9 Å². The van der Waals surface area contributed by atoms with Gasteiger partial charge in [-0.3, -0.25) is 4.79 Å². The maximum Gasteiger partial charge on any atom is 0.222 e. The minimum atomic E-state index is -0.00988. The molecule has 2 N–H and O–H groups in total. The number of H-pyrrole nitrogens is 1. The lowest BCUT2D eigenvalue weighted by atomic mass is 10.2. The molecule has 0 unspecified atom stereocenters. The van der Waals surface area contributed by atoms with Crippen molar-refractivity contribution in [1.82, 2.24) is 19.9 Å². The van der Waals surface area contributed by atoms with Gasteiger partial charge in [0.05, 0.1) is 17.6 Å². The van der Waals surface area contributed by atoms with Crippen LogP contribution in [-0.4, -0.2) is 20.4 Å². The average molecular weight is 353 g/mol. The van der Waals surface area contributed by atoms with E-state index in [1.54, 1.807) is 0 Å². The first-order chi connectivity index (χ1) is 12.2. The van der Waals surface area contributed by atoms with E-state index < -0.39 is 0 Å².